The number of carbonyl (C=O) groups excluding carboxylic acids is 2. The number of rotatable bonds is 3. The first-order valence-electron chi connectivity index (χ1n) is 10.9. The molecule has 1 aliphatic rings. The number of nitrogens with zero attached hydrogens (tertiary/aromatic N) is 3. The molecular weight excluding hydrogens is 484 g/mol. The van der Waals surface area contributed by atoms with Crippen LogP contribution in [0.2, 0.25) is 0 Å². The Labute approximate surface area is 205 Å². The molecule has 1 heterocycles. The van der Waals surface area contributed by atoms with Gasteiger partial charge in [0.25, 0.3) is 5.91 Å². The van der Waals surface area contributed by atoms with Crippen LogP contribution in [-0.2, 0) is 11.0 Å². The molecule has 1 N–H and O–H groups in total. The van der Waals surface area contributed by atoms with E-state index in [4.69, 9.17) is 17.5 Å². The molecule has 0 saturated carbocycles. The minimum Gasteiger partial charge on any atom is -0.355 e. The predicted molar refractivity (Wildman–Crippen MR) is 126 cm³/mol. The third kappa shape index (κ3) is 5.77. The quantitative estimate of drug-likeness (QED) is 0.460. The number of amides is 2. The van der Waals surface area contributed by atoms with Gasteiger partial charge in [0.15, 0.2) is 5.11 Å². The number of thiocarbonyl (C=S) groups is 1. The molecule has 2 aromatic carbocycles. The highest BCUT2D eigenvalue weighted by Gasteiger charge is 2.36. The van der Waals surface area contributed by atoms with Crippen LogP contribution < -0.4 is 15.1 Å². The van der Waals surface area contributed by atoms with Crippen molar-refractivity contribution in [2.75, 3.05) is 23.4 Å². The van der Waals surface area contributed by atoms with Gasteiger partial charge in [0.1, 0.15) is 5.82 Å². The second-order valence-electron chi connectivity index (χ2n) is 7.91. The van der Waals surface area contributed by atoms with Crippen molar-refractivity contribution in [3.05, 3.63) is 58.9 Å². The highest BCUT2D eigenvalue weighted by Crippen LogP contribution is 2.35. The molecule has 0 unspecified atom stereocenters. The van der Waals surface area contributed by atoms with Crippen molar-refractivity contribution in [3.8, 4) is 6.07 Å². The molecule has 184 valence electrons. The van der Waals surface area contributed by atoms with E-state index in [9.17, 15) is 27.2 Å². The minimum atomic E-state index is -4.82. The van der Waals surface area contributed by atoms with Crippen LogP contribution in [0.1, 0.15) is 53.6 Å². The molecule has 0 aliphatic carbocycles. The SMILES string of the molecule is CNC(=O)c1ccc(N2CCCCCCC(=O)N(c3ccc(C#N)c(C(F)(F)F)c3)C2=S)cc1F. The normalized spacial score (nSPS) is 15.5. The van der Waals surface area contributed by atoms with E-state index in [0.717, 1.165) is 35.9 Å². The highest BCUT2D eigenvalue weighted by molar-refractivity contribution is 7.81. The van der Waals surface area contributed by atoms with Gasteiger partial charge in [-0.25, -0.2) is 4.39 Å². The molecule has 0 spiro atoms. The molecule has 3 rings (SSSR count). The fraction of sp³-hybridized carbons (Fsp3) is 0.333. The lowest BCUT2D eigenvalue weighted by Gasteiger charge is -2.34. The summed E-state index contributed by atoms with van der Waals surface area (Å²) in [5, 5.41) is 11.3. The van der Waals surface area contributed by atoms with Crippen LogP contribution in [0.5, 0.6) is 0 Å². The summed E-state index contributed by atoms with van der Waals surface area (Å²) in [6.07, 6.45) is -2.08. The first-order valence-corrected chi connectivity index (χ1v) is 11.3. The molecular formula is C24H22F4N4O2S. The molecule has 0 radical (unpaired) electrons. The van der Waals surface area contributed by atoms with E-state index in [2.05, 4.69) is 5.32 Å². The monoisotopic (exact) mass is 506 g/mol. The van der Waals surface area contributed by atoms with Crippen LogP contribution >= 0.6 is 12.2 Å². The number of halogens is 4. The number of hydrogen-bond donors (Lipinski definition) is 1. The van der Waals surface area contributed by atoms with E-state index in [-0.39, 0.29) is 35.0 Å². The molecule has 0 aromatic heterocycles. The van der Waals surface area contributed by atoms with Crippen molar-refractivity contribution in [2.45, 2.75) is 38.3 Å². The minimum absolute atomic E-state index is 0.0549. The molecule has 2 aromatic rings. The van der Waals surface area contributed by atoms with Crippen molar-refractivity contribution in [2.24, 2.45) is 0 Å². The zero-order chi connectivity index (χ0) is 25.8. The van der Waals surface area contributed by atoms with Crippen molar-refractivity contribution >= 4 is 40.5 Å². The lowest BCUT2D eigenvalue weighted by Crippen LogP contribution is -2.47. The maximum atomic E-state index is 14.7. The number of carbonyl (C=O) groups is 2. The van der Waals surface area contributed by atoms with Crippen LogP contribution in [0.15, 0.2) is 36.4 Å². The second kappa shape index (κ2) is 10.8. The van der Waals surface area contributed by atoms with Gasteiger partial charge in [0.2, 0.25) is 5.91 Å². The van der Waals surface area contributed by atoms with E-state index in [1.807, 2.05) is 0 Å². The Balaban J connectivity index is 2.10. The third-order valence-corrected chi connectivity index (χ3v) is 6.02. The number of alkyl halides is 3. The summed E-state index contributed by atoms with van der Waals surface area (Å²) in [7, 11) is 1.37. The van der Waals surface area contributed by atoms with E-state index in [0.29, 0.717) is 12.8 Å². The molecule has 1 saturated heterocycles. The summed E-state index contributed by atoms with van der Waals surface area (Å²) in [5.74, 6) is -1.94. The first kappa shape index (κ1) is 26.1. The molecule has 0 bridgehead atoms. The summed E-state index contributed by atoms with van der Waals surface area (Å²) < 4.78 is 55.5. The average Bonchev–Trinajstić information content (AvgIpc) is 2.82. The molecule has 11 heteroatoms. The lowest BCUT2D eigenvalue weighted by atomic mass is 10.1. The van der Waals surface area contributed by atoms with Gasteiger partial charge in [-0.05, 0) is 61.5 Å². The second-order valence-corrected chi connectivity index (χ2v) is 8.28. The largest absolute Gasteiger partial charge is 0.417 e. The number of nitriles is 1. The van der Waals surface area contributed by atoms with Crippen molar-refractivity contribution in [1.29, 1.82) is 5.26 Å². The Kier molecular flexibility index (Phi) is 8.07. The van der Waals surface area contributed by atoms with Crippen LogP contribution in [0.4, 0.5) is 28.9 Å². The summed E-state index contributed by atoms with van der Waals surface area (Å²) in [4.78, 5) is 27.5. The summed E-state index contributed by atoms with van der Waals surface area (Å²) in [6, 6.07) is 8.31. The number of anilines is 2. The smallest absolute Gasteiger partial charge is 0.355 e. The summed E-state index contributed by atoms with van der Waals surface area (Å²) in [5.41, 5.74) is -1.83. The van der Waals surface area contributed by atoms with Gasteiger partial charge in [-0.15, -0.1) is 0 Å². The molecule has 1 aliphatic heterocycles. The van der Waals surface area contributed by atoms with E-state index in [1.54, 1.807) is 0 Å². The average molecular weight is 507 g/mol. The number of hydrogen-bond acceptors (Lipinski definition) is 4. The summed E-state index contributed by atoms with van der Waals surface area (Å²) >= 11 is 5.57. The van der Waals surface area contributed by atoms with Crippen molar-refractivity contribution in [3.63, 3.8) is 0 Å². The van der Waals surface area contributed by atoms with E-state index in [1.165, 1.54) is 36.2 Å². The Bertz CT molecular complexity index is 1190. The predicted octanol–water partition coefficient (Wildman–Crippen LogP) is 5.16. The van der Waals surface area contributed by atoms with Crippen molar-refractivity contribution < 1.29 is 27.2 Å². The van der Waals surface area contributed by atoms with Crippen LogP contribution in [0.25, 0.3) is 0 Å². The van der Waals surface area contributed by atoms with Crippen LogP contribution in [0.3, 0.4) is 0 Å². The van der Waals surface area contributed by atoms with Gasteiger partial charge in [0, 0.05) is 25.7 Å². The van der Waals surface area contributed by atoms with Crippen LogP contribution in [-0.4, -0.2) is 30.5 Å². The first-order chi connectivity index (χ1) is 16.6. The molecule has 1 fully saturated rings. The number of benzene rings is 2. The topological polar surface area (TPSA) is 76.4 Å². The number of nitrogens with one attached hydrogen (secondary N) is 1. The van der Waals surface area contributed by atoms with E-state index < -0.39 is 34.9 Å². The van der Waals surface area contributed by atoms with Gasteiger partial charge in [0.05, 0.1) is 28.4 Å². The lowest BCUT2D eigenvalue weighted by molar-refractivity contribution is -0.137. The summed E-state index contributed by atoms with van der Waals surface area (Å²) in [6.45, 7) is 0.282. The maximum Gasteiger partial charge on any atom is 0.417 e. The van der Waals surface area contributed by atoms with Gasteiger partial charge >= 0.3 is 6.18 Å². The molecule has 2 amide bonds. The van der Waals surface area contributed by atoms with Gasteiger partial charge in [-0.2, -0.15) is 18.4 Å². The van der Waals surface area contributed by atoms with E-state index >= 15 is 0 Å². The fourth-order valence-electron chi connectivity index (χ4n) is 3.82. The fourth-order valence-corrected chi connectivity index (χ4v) is 4.23. The Hall–Kier alpha value is -3.52. The Morgan fingerprint density at radius 3 is 2.40 bits per heavy atom. The molecule has 6 nitrogen and oxygen atoms in total. The van der Waals surface area contributed by atoms with Crippen LogP contribution in [0, 0.1) is 17.1 Å². The maximum absolute atomic E-state index is 14.7. The van der Waals surface area contributed by atoms with Gasteiger partial charge in [-0.3, -0.25) is 14.5 Å². The highest BCUT2D eigenvalue weighted by atomic mass is 32.1. The zero-order valence-electron chi connectivity index (χ0n) is 18.8. The Morgan fingerprint density at radius 1 is 1.09 bits per heavy atom. The van der Waals surface area contributed by atoms with Gasteiger partial charge in [-0.1, -0.05) is 12.8 Å². The molecule has 0 atom stereocenters. The Morgan fingerprint density at radius 2 is 1.77 bits per heavy atom. The standard InChI is InChI=1S/C24H22F4N4O2S/c1-30-22(34)18-10-9-16(13-20(18)25)31-11-5-3-2-4-6-21(33)32(23(31)35)17-8-7-15(14-29)19(12-17)24(26,27)28/h7-10,12-13H,2-6,11H2,1H3,(H,30,34). The van der Waals surface area contributed by atoms with Crippen molar-refractivity contribution in [1.82, 2.24) is 5.32 Å². The molecule has 35 heavy (non-hydrogen) atoms. The zero-order valence-corrected chi connectivity index (χ0v) is 19.6. The van der Waals surface area contributed by atoms with Gasteiger partial charge < -0.3 is 10.2 Å². The third-order valence-electron chi connectivity index (χ3n) is 5.62.